The van der Waals surface area contributed by atoms with Crippen LogP contribution >= 0.6 is 11.8 Å². The summed E-state index contributed by atoms with van der Waals surface area (Å²) < 4.78 is 4.89. The minimum absolute atomic E-state index is 0.0621. The lowest BCUT2D eigenvalue weighted by molar-refractivity contribution is -0.174. The predicted molar refractivity (Wildman–Crippen MR) is 148 cm³/mol. The van der Waals surface area contributed by atoms with Crippen LogP contribution in [0.3, 0.4) is 0 Å². The number of rotatable bonds is 9. The third-order valence-electron chi connectivity index (χ3n) is 11.7. The Kier molecular flexibility index (Phi) is 9.28. The largest absolute Gasteiger partial charge is 0.467 e. The Morgan fingerprint density at radius 3 is 2.43 bits per heavy atom. The van der Waals surface area contributed by atoms with Gasteiger partial charge in [-0.05, 0) is 123 Å². The van der Waals surface area contributed by atoms with E-state index in [4.69, 9.17) is 4.74 Å². The number of amides is 1. The molecule has 0 radical (unpaired) electrons. The number of esters is 1. The van der Waals surface area contributed by atoms with E-state index in [0.717, 1.165) is 37.9 Å². The van der Waals surface area contributed by atoms with Gasteiger partial charge < -0.3 is 20.3 Å². The van der Waals surface area contributed by atoms with Crippen LogP contribution in [0, 0.1) is 46.3 Å². The van der Waals surface area contributed by atoms with Gasteiger partial charge in [0.15, 0.2) is 0 Å². The summed E-state index contributed by atoms with van der Waals surface area (Å²) in [5.74, 6) is 3.27. The first kappa shape index (κ1) is 29.2. The molecule has 6 nitrogen and oxygen atoms in total. The van der Waals surface area contributed by atoms with Gasteiger partial charge in [-0.15, -0.1) is 0 Å². The van der Waals surface area contributed by atoms with E-state index in [1.807, 2.05) is 6.26 Å². The maximum atomic E-state index is 12.8. The van der Waals surface area contributed by atoms with Crippen LogP contribution in [-0.2, 0) is 14.3 Å². The van der Waals surface area contributed by atoms with E-state index in [9.17, 15) is 19.8 Å². The number of methoxy groups -OCH3 is 1. The summed E-state index contributed by atoms with van der Waals surface area (Å²) in [6.07, 6.45) is 11.8. The zero-order valence-electron chi connectivity index (χ0n) is 23.7. The molecule has 1 unspecified atom stereocenters. The highest BCUT2D eigenvalue weighted by molar-refractivity contribution is 7.98. The third kappa shape index (κ3) is 5.61. The van der Waals surface area contributed by atoms with Gasteiger partial charge in [0.05, 0.1) is 19.3 Å². The molecule has 1 amide bonds. The van der Waals surface area contributed by atoms with Gasteiger partial charge in [0.25, 0.3) is 0 Å². The number of aliphatic hydroxyl groups excluding tert-OH is 2. The van der Waals surface area contributed by atoms with E-state index in [-0.39, 0.29) is 34.9 Å². The molecule has 0 heterocycles. The molecule has 7 heteroatoms. The van der Waals surface area contributed by atoms with Crippen LogP contribution in [0.4, 0.5) is 0 Å². The van der Waals surface area contributed by atoms with Crippen molar-refractivity contribution >= 4 is 23.6 Å². The molecular weight excluding hydrogens is 486 g/mol. The fraction of sp³-hybridized carbons (Fsp3) is 0.933. The lowest BCUT2D eigenvalue weighted by Gasteiger charge is -2.62. The maximum absolute atomic E-state index is 12.8. The Bertz CT molecular complexity index is 824. The zero-order chi connectivity index (χ0) is 27.0. The van der Waals surface area contributed by atoms with E-state index >= 15 is 0 Å². The molecule has 0 aromatic rings. The maximum Gasteiger partial charge on any atom is 0.328 e. The summed E-state index contributed by atoms with van der Waals surface area (Å²) in [6.45, 7) is 7.24. The van der Waals surface area contributed by atoms with Gasteiger partial charge in [-0.2, -0.15) is 11.8 Å². The number of aliphatic hydroxyl groups is 2. The molecule has 4 saturated carbocycles. The number of ether oxygens (including phenoxy) is 1. The molecular formula is C30H51NO5S. The summed E-state index contributed by atoms with van der Waals surface area (Å²) in [5, 5.41) is 24.7. The number of thioether (sulfide) groups is 1. The highest BCUT2D eigenvalue weighted by Crippen LogP contribution is 2.68. The third-order valence-corrected chi connectivity index (χ3v) is 12.3. The number of fused-ring (bicyclic) bond motifs is 5. The monoisotopic (exact) mass is 537 g/mol. The van der Waals surface area contributed by atoms with Crippen LogP contribution in [0.25, 0.3) is 0 Å². The molecule has 37 heavy (non-hydrogen) atoms. The van der Waals surface area contributed by atoms with Crippen molar-refractivity contribution in [1.29, 1.82) is 0 Å². The number of hydrogen-bond acceptors (Lipinski definition) is 6. The van der Waals surface area contributed by atoms with Crippen molar-refractivity contribution in [3.05, 3.63) is 0 Å². The lowest BCUT2D eigenvalue weighted by Crippen LogP contribution is -2.58. The van der Waals surface area contributed by atoms with E-state index in [2.05, 4.69) is 26.1 Å². The standard InChI is InChI=1S/C30H51NO5S/c1-18(6-9-26(34)31-24(12-15-37-5)28(35)36-4)21-7-8-22-27-23(11-14-30(21,22)3)29(2)13-10-20(32)16-19(29)17-25(27)33/h18-25,27,32-33H,6-17H2,1-5H3,(H,31,34)/t18-,19+,20-,21-,22+,23+,24?,25-,27+,29+,30-/m1/s1. The van der Waals surface area contributed by atoms with Crippen LogP contribution in [0.5, 0.6) is 0 Å². The van der Waals surface area contributed by atoms with Crippen molar-refractivity contribution in [1.82, 2.24) is 5.32 Å². The van der Waals surface area contributed by atoms with Gasteiger partial charge in [-0.25, -0.2) is 4.79 Å². The van der Waals surface area contributed by atoms with Gasteiger partial charge in [0, 0.05) is 6.42 Å². The summed E-state index contributed by atoms with van der Waals surface area (Å²) >= 11 is 1.66. The second kappa shape index (κ2) is 11.8. The van der Waals surface area contributed by atoms with Crippen LogP contribution in [-0.4, -0.2) is 59.5 Å². The quantitative estimate of drug-likeness (QED) is 0.366. The van der Waals surface area contributed by atoms with E-state index in [1.54, 1.807) is 11.8 Å². The Morgan fingerprint density at radius 2 is 1.73 bits per heavy atom. The average Bonchev–Trinajstić information content (AvgIpc) is 3.22. The van der Waals surface area contributed by atoms with Crippen molar-refractivity contribution in [2.45, 2.75) is 110 Å². The average molecular weight is 538 g/mol. The number of hydrogen-bond donors (Lipinski definition) is 3. The smallest absolute Gasteiger partial charge is 0.328 e. The minimum Gasteiger partial charge on any atom is -0.467 e. The molecule has 0 aromatic carbocycles. The van der Waals surface area contributed by atoms with Crippen molar-refractivity contribution in [3.63, 3.8) is 0 Å². The molecule has 3 N–H and O–H groups in total. The van der Waals surface area contributed by atoms with Crippen LogP contribution < -0.4 is 5.32 Å². The Morgan fingerprint density at radius 1 is 1.03 bits per heavy atom. The van der Waals surface area contributed by atoms with Crippen LogP contribution in [0.15, 0.2) is 0 Å². The molecule has 4 aliphatic rings. The molecule has 4 fully saturated rings. The fourth-order valence-electron chi connectivity index (χ4n) is 9.63. The predicted octanol–water partition coefficient (Wildman–Crippen LogP) is 4.80. The van der Waals surface area contributed by atoms with Gasteiger partial charge in [-0.3, -0.25) is 4.79 Å². The van der Waals surface area contributed by atoms with Crippen LogP contribution in [0.2, 0.25) is 0 Å². The van der Waals surface area contributed by atoms with E-state index in [0.29, 0.717) is 48.3 Å². The Labute approximate surface area is 228 Å². The molecule has 11 atom stereocenters. The summed E-state index contributed by atoms with van der Waals surface area (Å²) in [5.41, 5.74) is 0.459. The summed E-state index contributed by atoms with van der Waals surface area (Å²) in [6, 6.07) is -0.567. The van der Waals surface area contributed by atoms with Crippen molar-refractivity contribution in [2.24, 2.45) is 46.3 Å². The topological polar surface area (TPSA) is 95.9 Å². The molecule has 0 saturated heterocycles. The van der Waals surface area contributed by atoms with Gasteiger partial charge in [0.2, 0.25) is 5.91 Å². The highest BCUT2D eigenvalue weighted by atomic mass is 32.2. The van der Waals surface area contributed by atoms with Crippen molar-refractivity contribution < 1.29 is 24.5 Å². The normalized spacial score (nSPS) is 42.6. The molecule has 0 bridgehead atoms. The van der Waals surface area contributed by atoms with Crippen molar-refractivity contribution in [2.75, 3.05) is 19.1 Å². The van der Waals surface area contributed by atoms with Crippen LogP contribution in [0.1, 0.15) is 91.4 Å². The molecule has 0 aromatic heterocycles. The second-order valence-corrected chi connectivity index (χ2v) is 14.4. The molecule has 0 spiro atoms. The zero-order valence-corrected chi connectivity index (χ0v) is 24.5. The van der Waals surface area contributed by atoms with Gasteiger partial charge in [0.1, 0.15) is 6.04 Å². The SMILES string of the molecule is COC(=O)C(CCSC)NC(=O)CC[C@@H](C)[C@H]1CC[C@H]2[C@@H]3[C@H](O)C[C@@H]4C[C@H](O)CC[C@]4(C)[C@H]3CC[C@]12C. The summed E-state index contributed by atoms with van der Waals surface area (Å²) in [7, 11) is 1.37. The lowest BCUT2D eigenvalue weighted by atomic mass is 9.43. The summed E-state index contributed by atoms with van der Waals surface area (Å²) in [4.78, 5) is 24.9. The molecule has 212 valence electrons. The molecule has 0 aliphatic heterocycles. The number of carbonyl (C=O) groups excluding carboxylic acids is 2. The fourth-order valence-corrected chi connectivity index (χ4v) is 10.1. The molecule has 4 rings (SSSR count). The number of carbonyl (C=O) groups is 2. The van der Waals surface area contributed by atoms with Gasteiger partial charge >= 0.3 is 5.97 Å². The first-order valence-corrected chi connectivity index (χ1v) is 16.2. The first-order chi connectivity index (χ1) is 17.5. The Balaban J connectivity index is 1.38. The van der Waals surface area contributed by atoms with Crippen molar-refractivity contribution in [3.8, 4) is 0 Å². The first-order valence-electron chi connectivity index (χ1n) is 14.8. The Hall–Kier alpha value is -0.790. The number of nitrogens with one attached hydrogen (secondary N) is 1. The van der Waals surface area contributed by atoms with E-state index < -0.39 is 6.04 Å². The van der Waals surface area contributed by atoms with Gasteiger partial charge in [-0.1, -0.05) is 20.8 Å². The van der Waals surface area contributed by atoms with E-state index in [1.165, 1.54) is 32.8 Å². The minimum atomic E-state index is -0.567. The highest BCUT2D eigenvalue weighted by Gasteiger charge is 2.62. The second-order valence-electron chi connectivity index (χ2n) is 13.4. The molecule has 4 aliphatic carbocycles.